The van der Waals surface area contributed by atoms with Crippen molar-refractivity contribution >= 4 is 42.2 Å². The molecule has 0 bridgehead atoms. The van der Waals surface area contributed by atoms with Gasteiger partial charge in [-0.15, -0.1) is 24.8 Å². The van der Waals surface area contributed by atoms with Crippen LogP contribution in [0, 0.1) is 11.7 Å². The number of nitrogens with zero attached hydrogens (tertiary/aromatic N) is 2. The molecule has 0 aromatic heterocycles. The van der Waals surface area contributed by atoms with Crippen LogP contribution in [0.4, 0.5) is 10.1 Å². The molecule has 5 nitrogen and oxygen atoms in total. The number of carbonyl (C=O) groups is 2. The third-order valence-electron chi connectivity index (χ3n) is 4.22. The number of nitrogens with one attached hydrogen (secondary N) is 1. The lowest BCUT2D eigenvalue weighted by atomic mass is 10.1. The van der Waals surface area contributed by atoms with Crippen LogP contribution in [0.2, 0.25) is 0 Å². The Hall–Kier alpha value is -1.37. The molecule has 2 rings (SSSR count). The Balaban J connectivity index is 0.00000288. The van der Waals surface area contributed by atoms with Crippen molar-refractivity contribution in [3.63, 3.8) is 0 Å². The number of benzene rings is 1. The number of rotatable bonds is 5. The molecule has 1 amide bonds. The molecule has 0 radical (unpaired) electrons. The van der Waals surface area contributed by atoms with Gasteiger partial charge in [-0.05, 0) is 32.2 Å². The van der Waals surface area contributed by atoms with Crippen LogP contribution in [-0.2, 0) is 4.79 Å². The van der Waals surface area contributed by atoms with E-state index in [4.69, 9.17) is 0 Å². The van der Waals surface area contributed by atoms with Crippen molar-refractivity contribution in [3.05, 3.63) is 29.6 Å². The molecule has 1 unspecified atom stereocenters. The molecule has 1 aromatic rings. The van der Waals surface area contributed by atoms with Gasteiger partial charge < -0.3 is 15.1 Å². The first-order valence-electron chi connectivity index (χ1n) is 7.93. The second kappa shape index (κ2) is 10.6. The van der Waals surface area contributed by atoms with Crippen molar-refractivity contribution in [1.82, 2.24) is 10.2 Å². The normalized spacial score (nSPS) is 15.0. The highest BCUT2D eigenvalue weighted by Gasteiger charge is 2.25. The van der Waals surface area contributed by atoms with Crippen molar-refractivity contribution in [2.45, 2.75) is 13.8 Å². The number of piperazine rings is 1. The number of hydrogen-bond acceptors (Lipinski definition) is 4. The van der Waals surface area contributed by atoms with Crippen LogP contribution in [0.3, 0.4) is 0 Å². The summed E-state index contributed by atoms with van der Waals surface area (Å²) in [5.74, 6) is -0.463. The molecule has 1 saturated heterocycles. The van der Waals surface area contributed by atoms with Gasteiger partial charge in [-0.3, -0.25) is 9.59 Å². The maximum absolute atomic E-state index is 14.2. The smallest absolute Gasteiger partial charge is 0.226 e. The second-order valence-corrected chi connectivity index (χ2v) is 5.99. The van der Waals surface area contributed by atoms with E-state index in [9.17, 15) is 14.0 Å². The van der Waals surface area contributed by atoms with Gasteiger partial charge in [-0.25, -0.2) is 4.39 Å². The maximum atomic E-state index is 14.2. The van der Waals surface area contributed by atoms with Crippen LogP contribution in [0.15, 0.2) is 18.2 Å². The van der Waals surface area contributed by atoms with Gasteiger partial charge >= 0.3 is 0 Å². The summed E-state index contributed by atoms with van der Waals surface area (Å²) in [6.45, 7) is 6.33. The highest BCUT2D eigenvalue weighted by molar-refractivity contribution is 5.94. The van der Waals surface area contributed by atoms with Crippen LogP contribution < -0.4 is 10.2 Å². The molecule has 142 valence electrons. The summed E-state index contributed by atoms with van der Waals surface area (Å²) < 4.78 is 14.2. The fraction of sp³-hybridized carbons (Fsp3) is 0.529. The summed E-state index contributed by atoms with van der Waals surface area (Å²) in [5.41, 5.74) is 0.867. The van der Waals surface area contributed by atoms with E-state index < -0.39 is 0 Å². The zero-order chi connectivity index (χ0) is 17.0. The topological polar surface area (TPSA) is 52.7 Å². The average molecular weight is 394 g/mol. The standard InChI is InChI=1S/C17H24FN3O2.2ClH/c1-12(11-19-3)17(23)21-8-6-20(7-9-21)16-5-4-14(13(2)22)10-15(16)18;;/h4-5,10,12,19H,6-9,11H2,1-3H3;2*1H. The number of halogens is 3. The lowest BCUT2D eigenvalue weighted by molar-refractivity contribution is -0.135. The lowest BCUT2D eigenvalue weighted by Gasteiger charge is -2.37. The third kappa shape index (κ3) is 5.83. The molecule has 1 atom stereocenters. The fourth-order valence-electron chi connectivity index (χ4n) is 2.86. The summed E-state index contributed by atoms with van der Waals surface area (Å²) in [6.07, 6.45) is 0. The molecule has 1 aliphatic heterocycles. The van der Waals surface area contributed by atoms with Gasteiger partial charge in [0.25, 0.3) is 0 Å². The van der Waals surface area contributed by atoms with Crippen molar-refractivity contribution in [2.24, 2.45) is 5.92 Å². The van der Waals surface area contributed by atoms with E-state index in [1.54, 1.807) is 12.1 Å². The molecule has 1 fully saturated rings. The van der Waals surface area contributed by atoms with E-state index in [-0.39, 0.29) is 48.2 Å². The zero-order valence-electron chi connectivity index (χ0n) is 14.8. The number of anilines is 1. The van der Waals surface area contributed by atoms with E-state index >= 15 is 0 Å². The Kier molecular flexibility index (Phi) is 10.0. The molecule has 0 spiro atoms. The number of hydrogen-bond donors (Lipinski definition) is 1. The average Bonchev–Trinajstić information content (AvgIpc) is 2.54. The Morgan fingerprint density at radius 2 is 1.80 bits per heavy atom. The zero-order valence-corrected chi connectivity index (χ0v) is 16.4. The lowest BCUT2D eigenvalue weighted by Crippen LogP contribution is -2.51. The van der Waals surface area contributed by atoms with Gasteiger partial charge in [0.2, 0.25) is 5.91 Å². The molecule has 25 heavy (non-hydrogen) atoms. The predicted octanol–water partition coefficient (Wildman–Crippen LogP) is 2.38. The van der Waals surface area contributed by atoms with Gasteiger partial charge in [-0.1, -0.05) is 6.92 Å². The van der Waals surface area contributed by atoms with Gasteiger partial charge in [-0.2, -0.15) is 0 Å². The van der Waals surface area contributed by atoms with E-state index in [0.717, 1.165) is 0 Å². The van der Waals surface area contributed by atoms with Crippen LogP contribution >= 0.6 is 24.8 Å². The molecule has 1 N–H and O–H groups in total. The first-order chi connectivity index (χ1) is 10.9. The van der Waals surface area contributed by atoms with Crippen molar-refractivity contribution in [3.8, 4) is 0 Å². The Labute approximate surface area is 160 Å². The largest absolute Gasteiger partial charge is 0.366 e. The van der Waals surface area contributed by atoms with Gasteiger partial charge in [0, 0.05) is 44.2 Å². The van der Waals surface area contributed by atoms with Crippen LogP contribution in [0.5, 0.6) is 0 Å². The SMILES string of the molecule is CNCC(C)C(=O)N1CCN(c2ccc(C(C)=O)cc2F)CC1.Cl.Cl. The summed E-state index contributed by atoms with van der Waals surface area (Å²) in [7, 11) is 1.83. The van der Waals surface area contributed by atoms with Crippen molar-refractivity contribution < 1.29 is 14.0 Å². The van der Waals surface area contributed by atoms with Crippen molar-refractivity contribution in [1.29, 1.82) is 0 Å². The Morgan fingerprint density at radius 3 is 2.28 bits per heavy atom. The Morgan fingerprint density at radius 1 is 1.20 bits per heavy atom. The van der Waals surface area contributed by atoms with E-state index in [0.29, 0.717) is 44.0 Å². The molecular weight excluding hydrogens is 368 g/mol. The summed E-state index contributed by atoms with van der Waals surface area (Å²) in [4.78, 5) is 27.3. The molecule has 0 aliphatic carbocycles. The first kappa shape index (κ1) is 23.6. The number of amides is 1. The highest BCUT2D eigenvalue weighted by atomic mass is 35.5. The minimum atomic E-state index is -0.388. The first-order valence-corrected chi connectivity index (χ1v) is 7.93. The monoisotopic (exact) mass is 393 g/mol. The number of carbonyl (C=O) groups excluding carboxylic acids is 2. The molecule has 0 saturated carbocycles. The molecule has 1 aromatic carbocycles. The van der Waals surface area contributed by atoms with E-state index in [1.807, 2.05) is 23.8 Å². The molecule has 1 heterocycles. The van der Waals surface area contributed by atoms with Gasteiger partial charge in [0.15, 0.2) is 5.78 Å². The quantitative estimate of drug-likeness (QED) is 0.780. The summed E-state index contributed by atoms with van der Waals surface area (Å²) in [5, 5.41) is 3.01. The summed E-state index contributed by atoms with van der Waals surface area (Å²) in [6, 6.07) is 4.57. The Bertz CT molecular complexity index is 593. The predicted molar refractivity (Wildman–Crippen MR) is 103 cm³/mol. The molecular formula is C17H26Cl2FN3O2. The van der Waals surface area contributed by atoms with Crippen LogP contribution in [0.1, 0.15) is 24.2 Å². The van der Waals surface area contributed by atoms with Gasteiger partial charge in [0.05, 0.1) is 5.69 Å². The molecule has 8 heteroatoms. The van der Waals surface area contributed by atoms with Crippen LogP contribution in [-0.4, -0.2) is 56.4 Å². The highest BCUT2D eigenvalue weighted by Crippen LogP contribution is 2.22. The van der Waals surface area contributed by atoms with E-state index in [1.165, 1.54) is 13.0 Å². The van der Waals surface area contributed by atoms with Gasteiger partial charge in [0.1, 0.15) is 5.82 Å². The summed E-state index contributed by atoms with van der Waals surface area (Å²) >= 11 is 0. The third-order valence-corrected chi connectivity index (χ3v) is 4.22. The fourth-order valence-corrected chi connectivity index (χ4v) is 2.86. The molecule has 1 aliphatic rings. The second-order valence-electron chi connectivity index (χ2n) is 5.99. The van der Waals surface area contributed by atoms with E-state index in [2.05, 4.69) is 5.32 Å². The number of Topliss-reactive ketones (excluding diaryl/α,β-unsaturated/α-hetero) is 1. The van der Waals surface area contributed by atoms with Crippen molar-refractivity contribution in [2.75, 3.05) is 44.7 Å². The minimum Gasteiger partial charge on any atom is -0.366 e. The van der Waals surface area contributed by atoms with Crippen LogP contribution in [0.25, 0.3) is 0 Å². The maximum Gasteiger partial charge on any atom is 0.226 e. The minimum absolute atomic E-state index is 0. The number of ketones is 1.